The maximum Gasteiger partial charge on any atom is 0.417 e. The summed E-state index contributed by atoms with van der Waals surface area (Å²) in [5.41, 5.74) is -0.990. The molecule has 40 heavy (non-hydrogen) atoms. The van der Waals surface area contributed by atoms with Gasteiger partial charge in [0, 0.05) is 53.9 Å². The second kappa shape index (κ2) is 10.8. The molecule has 214 valence electrons. The van der Waals surface area contributed by atoms with Crippen molar-refractivity contribution in [1.82, 2.24) is 14.5 Å². The lowest BCUT2D eigenvalue weighted by atomic mass is 9.95. The lowest BCUT2D eigenvalue weighted by Gasteiger charge is -2.46. The van der Waals surface area contributed by atoms with Crippen LogP contribution < -0.4 is 10.6 Å². The van der Waals surface area contributed by atoms with Gasteiger partial charge in [0.15, 0.2) is 0 Å². The van der Waals surface area contributed by atoms with E-state index >= 15 is 0 Å². The molecule has 3 heterocycles. The fourth-order valence-electron chi connectivity index (χ4n) is 5.93. The van der Waals surface area contributed by atoms with Crippen LogP contribution in [0.15, 0.2) is 52.7 Å². The molecule has 0 spiro atoms. The van der Waals surface area contributed by atoms with Crippen molar-refractivity contribution >= 4 is 28.5 Å². The van der Waals surface area contributed by atoms with Crippen molar-refractivity contribution in [3.63, 3.8) is 0 Å². The third-order valence-electron chi connectivity index (χ3n) is 7.53. The fourth-order valence-corrected chi connectivity index (χ4v) is 7.25. The van der Waals surface area contributed by atoms with Crippen molar-refractivity contribution in [3.05, 3.63) is 64.9 Å². The normalized spacial score (nSPS) is 22.5. The molecule has 0 saturated carbocycles. The molecule has 0 bridgehead atoms. The largest absolute Gasteiger partial charge is 0.417 e. The van der Waals surface area contributed by atoms with Gasteiger partial charge in [-0.1, -0.05) is 18.7 Å². The van der Waals surface area contributed by atoms with Gasteiger partial charge >= 0.3 is 11.9 Å². The zero-order valence-corrected chi connectivity index (χ0v) is 23.1. The van der Waals surface area contributed by atoms with Crippen LogP contribution in [-0.2, 0) is 10.9 Å². The van der Waals surface area contributed by atoms with Gasteiger partial charge in [0.25, 0.3) is 0 Å². The molecule has 3 aromatic rings. The second-order valence-electron chi connectivity index (χ2n) is 10.2. The summed E-state index contributed by atoms with van der Waals surface area (Å²) in [4.78, 5) is 21.9. The highest BCUT2D eigenvalue weighted by Crippen LogP contribution is 2.50. The van der Waals surface area contributed by atoms with E-state index in [0.717, 1.165) is 18.2 Å². The summed E-state index contributed by atoms with van der Waals surface area (Å²) in [5, 5.41) is 10.6. The molecule has 1 N–H and O–H groups in total. The maximum absolute atomic E-state index is 14.7. The molecule has 12 heteroatoms. The topological polar surface area (TPSA) is 70.8 Å². The number of thioether (sulfide) groups is 1. The van der Waals surface area contributed by atoms with E-state index in [0.29, 0.717) is 29.3 Å². The number of methoxy groups -OCH3 is 1. The molecular weight excluding hydrogens is 548 g/mol. The number of nitrogens with zero attached hydrogens (tertiary/aromatic N) is 4. The minimum absolute atomic E-state index is 0.0909. The van der Waals surface area contributed by atoms with E-state index in [4.69, 9.17) is 4.74 Å². The number of halogens is 4. The Bertz CT molecular complexity index is 1480. The molecule has 0 radical (unpaired) electrons. The minimum Gasteiger partial charge on any atom is -0.383 e. The minimum atomic E-state index is -4.73. The molecule has 2 aliphatic rings. The Labute approximate surface area is 233 Å². The van der Waals surface area contributed by atoms with Gasteiger partial charge in [0.1, 0.15) is 17.9 Å². The molecule has 2 aromatic carbocycles. The van der Waals surface area contributed by atoms with Crippen molar-refractivity contribution in [2.45, 2.75) is 49.3 Å². The number of rotatable bonds is 6. The predicted octanol–water partition coefficient (Wildman–Crippen LogP) is 4.92. The number of anilines is 1. The second-order valence-corrected chi connectivity index (χ2v) is 11.3. The summed E-state index contributed by atoms with van der Waals surface area (Å²) in [7, 11) is 1.50. The molecular formula is C28H30F4N4O3S. The Kier molecular flexibility index (Phi) is 7.73. The number of piperazine rings is 1. The van der Waals surface area contributed by atoms with E-state index in [1.54, 1.807) is 0 Å². The summed E-state index contributed by atoms with van der Waals surface area (Å²) in [5.74, 6) is -0.0934. The predicted molar refractivity (Wildman–Crippen MR) is 147 cm³/mol. The first-order valence-electron chi connectivity index (χ1n) is 12.9. The number of hydrogen-bond donors (Lipinski definition) is 1. The Morgan fingerprint density at radius 1 is 1.23 bits per heavy atom. The third kappa shape index (κ3) is 4.91. The number of ether oxygens (including phenoxy) is 1. The van der Waals surface area contributed by atoms with E-state index in [1.807, 2.05) is 23.6 Å². The zero-order valence-electron chi connectivity index (χ0n) is 22.3. The number of aliphatic hydroxyl groups excluding tert-OH is 1. The lowest BCUT2D eigenvalue weighted by Crippen LogP contribution is -2.60. The van der Waals surface area contributed by atoms with Crippen LogP contribution in [0.4, 0.5) is 23.4 Å². The molecule has 5 rings (SSSR count). The first-order chi connectivity index (χ1) is 19.0. The highest BCUT2D eigenvalue weighted by Gasteiger charge is 2.40. The highest BCUT2D eigenvalue weighted by molar-refractivity contribution is 7.99. The number of benzene rings is 2. The Morgan fingerprint density at radius 2 is 1.88 bits per heavy atom. The quantitative estimate of drug-likeness (QED) is 0.329. The lowest BCUT2D eigenvalue weighted by molar-refractivity contribution is -0.137. The van der Waals surface area contributed by atoms with Gasteiger partial charge in [-0.2, -0.15) is 18.2 Å². The molecule has 4 atom stereocenters. The fraction of sp³-hybridized carbons (Fsp3) is 0.429. The van der Waals surface area contributed by atoms with Crippen molar-refractivity contribution < 1.29 is 27.4 Å². The summed E-state index contributed by atoms with van der Waals surface area (Å²) < 4.78 is 64.5. The third-order valence-corrected chi connectivity index (χ3v) is 8.77. The van der Waals surface area contributed by atoms with Gasteiger partial charge in [-0.15, -0.1) is 11.8 Å². The first-order valence-corrected chi connectivity index (χ1v) is 13.9. The van der Waals surface area contributed by atoms with E-state index in [2.05, 4.69) is 11.6 Å². The zero-order chi connectivity index (χ0) is 28.9. The Hall–Kier alpha value is -2.93. The monoisotopic (exact) mass is 578 g/mol. The van der Waals surface area contributed by atoms with Gasteiger partial charge in [-0.3, -0.25) is 9.47 Å². The number of aromatic nitrogens is 2. The van der Waals surface area contributed by atoms with Crippen molar-refractivity contribution in [2.24, 2.45) is 0 Å². The van der Waals surface area contributed by atoms with Crippen LogP contribution in [0, 0.1) is 5.82 Å². The molecule has 2 aliphatic heterocycles. The van der Waals surface area contributed by atoms with Crippen molar-refractivity contribution in [3.8, 4) is 11.1 Å². The smallest absolute Gasteiger partial charge is 0.383 e. The average Bonchev–Trinajstić information content (AvgIpc) is 2.90. The number of alkyl halides is 3. The van der Waals surface area contributed by atoms with Gasteiger partial charge < -0.3 is 14.7 Å². The van der Waals surface area contributed by atoms with Gasteiger partial charge in [-0.25, -0.2) is 9.18 Å². The Balaban J connectivity index is 1.80. The molecule has 0 aliphatic carbocycles. The standard InChI is InChI=1S/C28H30F4N4O3S/c1-5-22(37)35-15(2)11-34(12-16(35)3)26-20-10-21(28(30,31)32)23(17-6-8-18(29)9-7-17)25-24(20)36(27(38)33-26)19(13-39-4)14-40-25/h5-10,15-16,19,22,37H,1,11-14H2,2-4H3/t15-,16+,19-,22?/m0/s1. The van der Waals surface area contributed by atoms with Crippen LogP contribution in [0.3, 0.4) is 0 Å². The van der Waals surface area contributed by atoms with E-state index in [-0.39, 0.29) is 41.0 Å². The van der Waals surface area contributed by atoms with E-state index < -0.39 is 35.5 Å². The summed E-state index contributed by atoms with van der Waals surface area (Å²) >= 11 is 1.23. The molecule has 1 fully saturated rings. The molecule has 1 aromatic heterocycles. The summed E-state index contributed by atoms with van der Waals surface area (Å²) in [6.45, 7) is 8.28. The molecule has 7 nitrogen and oxygen atoms in total. The van der Waals surface area contributed by atoms with Crippen LogP contribution in [0.5, 0.6) is 0 Å². The molecule has 0 amide bonds. The Morgan fingerprint density at radius 3 is 2.45 bits per heavy atom. The molecule has 1 unspecified atom stereocenters. The van der Waals surface area contributed by atoms with Crippen LogP contribution in [-0.4, -0.2) is 70.4 Å². The first kappa shape index (κ1) is 28.6. The van der Waals surface area contributed by atoms with Crippen LogP contribution in [0.25, 0.3) is 22.0 Å². The van der Waals surface area contributed by atoms with E-state index in [1.165, 1.54) is 41.6 Å². The molecule has 1 saturated heterocycles. The van der Waals surface area contributed by atoms with Crippen molar-refractivity contribution in [1.29, 1.82) is 0 Å². The van der Waals surface area contributed by atoms with E-state index in [9.17, 15) is 27.5 Å². The van der Waals surface area contributed by atoms with Gasteiger partial charge in [0.05, 0.1) is 23.7 Å². The van der Waals surface area contributed by atoms with Gasteiger partial charge in [0.2, 0.25) is 0 Å². The SMILES string of the molecule is C=CC(O)N1[C@H](C)CN(c2nc(=O)n3c4c(c(-c5ccc(F)cc5)c(C(F)(F)F)cc24)SC[C@@H]3COC)C[C@@H]1C. The summed E-state index contributed by atoms with van der Waals surface area (Å²) in [6, 6.07) is 5.10. The van der Waals surface area contributed by atoms with Crippen molar-refractivity contribution in [2.75, 3.05) is 37.5 Å². The van der Waals surface area contributed by atoms with Crippen LogP contribution >= 0.6 is 11.8 Å². The maximum atomic E-state index is 14.7. The van der Waals surface area contributed by atoms with Crippen LogP contribution in [0.2, 0.25) is 0 Å². The number of aliphatic hydroxyl groups is 1. The highest BCUT2D eigenvalue weighted by atomic mass is 32.2. The summed E-state index contributed by atoms with van der Waals surface area (Å²) in [6.07, 6.45) is -4.19. The number of hydrogen-bond acceptors (Lipinski definition) is 7. The average molecular weight is 579 g/mol. The van der Waals surface area contributed by atoms with Crippen LogP contribution in [0.1, 0.15) is 25.5 Å². The van der Waals surface area contributed by atoms with Gasteiger partial charge in [-0.05, 0) is 43.7 Å².